The molecule has 1 amide bonds. The Balaban J connectivity index is 1.78. The lowest BCUT2D eigenvalue weighted by atomic mass is 10.1. The number of ether oxygens (including phenoxy) is 2. The first kappa shape index (κ1) is 19.8. The number of hydrogen-bond donors (Lipinski definition) is 2. The van der Waals surface area contributed by atoms with Crippen LogP contribution >= 0.6 is 0 Å². The second kappa shape index (κ2) is 8.39. The molecule has 28 heavy (non-hydrogen) atoms. The second-order valence-corrected chi connectivity index (χ2v) is 6.48. The van der Waals surface area contributed by atoms with Gasteiger partial charge in [0.2, 0.25) is 5.95 Å². The van der Waals surface area contributed by atoms with Gasteiger partial charge >= 0.3 is 6.09 Å². The molecule has 0 saturated carbocycles. The fourth-order valence-corrected chi connectivity index (χ4v) is 2.99. The topological polar surface area (TPSA) is 96.8 Å². The van der Waals surface area contributed by atoms with Gasteiger partial charge in [-0.25, -0.2) is 14.2 Å². The molecule has 1 saturated heterocycles. The van der Waals surface area contributed by atoms with Gasteiger partial charge in [-0.2, -0.15) is 4.98 Å². The normalized spacial score (nSPS) is 18.5. The summed E-state index contributed by atoms with van der Waals surface area (Å²) in [5, 5.41) is 12.9. The number of anilines is 2. The van der Waals surface area contributed by atoms with Gasteiger partial charge in [0.15, 0.2) is 0 Å². The number of halogens is 1. The lowest BCUT2D eigenvalue weighted by molar-refractivity contribution is 0.142. The second-order valence-electron chi connectivity index (χ2n) is 6.48. The summed E-state index contributed by atoms with van der Waals surface area (Å²) in [6, 6.07) is 5.27. The minimum atomic E-state index is -0.783. The number of rotatable bonds is 7. The van der Waals surface area contributed by atoms with Crippen LogP contribution < -0.4 is 15.0 Å². The van der Waals surface area contributed by atoms with Crippen molar-refractivity contribution in [2.75, 3.05) is 23.4 Å². The number of carbonyl (C=O) groups is 1. The van der Waals surface area contributed by atoms with Crippen LogP contribution in [0.2, 0.25) is 0 Å². The molecule has 2 heterocycles. The smallest absolute Gasteiger partial charge is 0.416 e. The van der Waals surface area contributed by atoms with Gasteiger partial charge in [0.05, 0.1) is 18.8 Å². The third kappa shape index (κ3) is 4.14. The number of benzene rings is 1. The molecule has 1 fully saturated rings. The van der Waals surface area contributed by atoms with Crippen LogP contribution in [-0.4, -0.2) is 46.5 Å². The molecule has 0 unspecified atom stereocenters. The van der Waals surface area contributed by atoms with E-state index in [-0.39, 0.29) is 12.6 Å². The highest BCUT2D eigenvalue weighted by Gasteiger charge is 2.38. The van der Waals surface area contributed by atoms with E-state index >= 15 is 0 Å². The average Bonchev–Trinajstić information content (AvgIpc) is 3.04. The number of carbonyl (C=O) groups excluding carboxylic acids is 1. The van der Waals surface area contributed by atoms with Crippen LogP contribution in [0.4, 0.5) is 21.0 Å². The predicted octanol–water partition coefficient (Wildman–Crippen LogP) is 2.89. The fourth-order valence-electron chi connectivity index (χ4n) is 2.99. The molecule has 1 aromatic carbocycles. The van der Waals surface area contributed by atoms with Crippen molar-refractivity contribution in [3.8, 4) is 5.75 Å². The lowest BCUT2D eigenvalue weighted by Crippen LogP contribution is -2.41. The van der Waals surface area contributed by atoms with Crippen molar-refractivity contribution >= 4 is 17.9 Å². The number of hydrogen-bond acceptors (Lipinski definition) is 7. The molecule has 9 heteroatoms. The number of aliphatic hydroxyl groups is 1. The maximum atomic E-state index is 14.4. The quantitative estimate of drug-likeness (QED) is 0.750. The van der Waals surface area contributed by atoms with E-state index in [2.05, 4.69) is 15.3 Å². The van der Waals surface area contributed by atoms with E-state index in [0.717, 1.165) is 0 Å². The molecule has 1 aromatic heterocycles. The van der Waals surface area contributed by atoms with Crippen LogP contribution in [0.15, 0.2) is 30.5 Å². The fraction of sp³-hybridized carbons (Fsp3) is 0.421. The van der Waals surface area contributed by atoms with Crippen molar-refractivity contribution < 1.29 is 23.8 Å². The Morgan fingerprint density at radius 3 is 2.89 bits per heavy atom. The van der Waals surface area contributed by atoms with E-state index in [9.17, 15) is 14.3 Å². The van der Waals surface area contributed by atoms with Gasteiger partial charge in [-0.05, 0) is 32.9 Å². The van der Waals surface area contributed by atoms with Gasteiger partial charge < -0.3 is 19.9 Å². The minimum Gasteiger partial charge on any atom is -0.494 e. The molecule has 2 N–H and O–H groups in total. The predicted molar refractivity (Wildman–Crippen MR) is 101 cm³/mol. The van der Waals surface area contributed by atoms with Crippen LogP contribution in [0.25, 0.3) is 0 Å². The molecule has 3 rings (SSSR count). The van der Waals surface area contributed by atoms with E-state index in [4.69, 9.17) is 9.47 Å². The van der Waals surface area contributed by atoms with Crippen molar-refractivity contribution in [2.24, 2.45) is 0 Å². The molecular weight excluding hydrogens is 367 g/mol. The summed E-state index contributed by atoms with van der Waals surface area (Å²) in [5.74, 6) is 0.581. The maximum Gasteiger partial charge on any atom is 0.416 e. The van der Waals surface area contributed by atoms with E-state index < -0.39 is 30.1 Å². The van der Waals surface area contributed by atoms with Gasteiger partial charge in [0.1, 0.15) is 30.0 Å². The summed E-state index contributed by atoms with van der Waals surface area (Å²) in [6.07, 6.45) is 0.118. The Morgan fingerprint density at radius 2 is 2.21 bits per heavy atom. The van der Waals surface area contributed by atoms with E-state index in [1.54, 1.807) is 32.0 Å². The van der Waals surface area contributed by atoms with Crippen LogP contribution in [0.1, 0.15) is 32.4 Å². The third-order valence-electron chi connectivity index (χ3n) is 4.45. The molecule has 150 valence electrons. The summed E-state index contributed by atoms with van der Waals surface area (Å²) in [5.41, 5.74) is 0.430. The van der Waals surface area contributed by atoms with Gasteiger partial charge in [0, 0.05) is 17.8 Å². The first-order valence-corrected chi connectivity index (χ1v) is 9.06. The number of nitrogens with one attached hydrogen (secondary N) is 1. The first-order chi connectivity index (χ1) is 13.4. The number of cyclic esters (lactones) is 1. The number of amides is 1. The summed E-state index contributed by atoms with van der Waals surface area (Å²) in [6.45, 7) is 5.73. The number of nitrogens with zero attached hydrogens (tertiary/aromatic N) is 3. The zero-order valence-electron chi connectivity index (χ0n) is 15.9. The first-order valence-electron chi connectivity index (χ1n) is 9.06. The molecule has 0 bridgehead atoms. The Labute approximate surface area is 162 Å². The molecule has 3 atom stereocenters. The Morgan fingerprint density at radius 1 is 1.43 bits per heavy atom. The highest BCUT2D eigenvalue weighted by atomic mass is 19.1. The van der Waals surface area contributed by atoms with Gasteiger partial charge in [-0.1, -0.05) is 6.07 Å². The third-order valence-corrected chi connectivity index (χ3v) is 4.45. The van der Waals surface area contributed by atoms with Crippen molar-refractivity contribution in [1.82, 2.24) is 9.97 Å². The summed E-state index contributed by atoms with van der Waals surface area (Å²) < 4.78 is 24.7. The monoisotopic (exact) mass is 390 g/mol. The van der Waals surface area contributed by atoms with Crippen molar-refractivity contribution in [2.45, 2.75) is 39.0 Å². The number of aromatic nitrogens is 2. The molecule has 0 radical (unpaired) electrons. The molecular formula is C19H23FN4O4. The molecule has 1 aliphatic rings. The van der Waals surface area contributed by atoms with Crippen molar-refractivity contribution in [3.63, 3.8) is 0 Å². The highest BCUT2D eigenvalue weighted by molar-refractivity contribution is 5.89. The molecule has 8 nitrogen and oxygen atoms in total. The molecule has 0 aliphatic carbocycles. The van der Waals surface area contributed by atoms with Gasteiger partial charge in [-0.15, -0.1) is 0 Å². The summed E-state index contributed by atoms with van der Waals surface area (Å²) >= 11 is 0. The average molecular weight is 390 g/mol. The lowest BCUT2D eigenvalue weighted by Gasteiger charge is -2.23. The standard InChI is InChI=1S/C19H23FN4O4/c1-4-27-13-5-6-14(15(20)9-13)11(2)22-18-21-8-7-17(23-18)24-16(12(3)25)10-28-19(24)26/h5-9,11-12,16,25H,4,10H2,1-3H3,(H,21,22,23)/t11-,12+,16+/m0/s1. The van der Waals surface area contributed by atoms with Crippen molar-refractivity contribution in [1.29, 1.82) is 0 Å². The molecule has 2 aromatic rings. The van der Waals surface area contributed by atoms with Crippen LogP contribution in [0.5, 0.6) is 5.75 Å². The number of aliphatic hydroxyl groups excluding tert-OH is 1. The molecule has 0 spiro atoms. The van der Waals surface area contributed by atoms with Crippen LogP contribution in [0.3, 0.4) is 0 Å². The van der Waals surface area contributed by atoms with Gasteiger partial charge in [-0.3, -0.25) is 4.90 Å². The highest BCUT2D eigenvalue weighted by Crippen LogP contribution is 2.26. The van der Waals surface area contributed by atoms with Crippen LogP contribution in [-0.2, 0) is 4.74 Å². The van der Waals surface area contributed by atoms with E-state index in [0.29, 0.717) is 23.7 Å². The SMILES string of the molecule is CCOc1ccc([C@H](C)Nc2nccc(N3C(=O)OC[C@@H]3[C@@H](C)O)n2)c(F)c1. The zero-order valence-corrected chi connectivity index (χ0v) is 15.9. The van der Waals surface area contributed by atoms with Gasteiger partial charge in [0.25, 0.3) is 0 Å². The summed E-state index contributed by atoms with van der Waals surface area (Å²) in [7, 11) is 0. The minimum absolute atomic E-state index is 0.0804. The Bertz CT molecular complexity index is 848. The largest absolute Gasteiger partial charge is 0.494 e. The van der Waals surface area contributed by atoms with Crippen LogP contribution in [0, 0.1) is 5.82 Å². The zero-order chi connectivity index (χ0) is 20.3. The Hall–Kier alpha value is -2.94. The van der Waals surface area contributed by atoms with E-state index in [1.165, 1.54) is 17.2 Å². The van der Waals surface area contributed by atoms with E-state index in [1.807, 2.05) is 6.92 Å². The Kier molecular flexibility index (Phi) is 5.93. The van der Waals surface area contributed by atoms with Crippen molar-refractivity contribution in [3.05, 3.63) is 41.8 Å². The summed E-state index contributed by atoms with van der Waals surface area (Å²) in [4.78, 5) is 21.8. The molecule has 1 aliphatic heterocycles. The maximum absolute atomic E-state index is 14.4.